The predicted molar refractivity (Wildman–Crippen MR) is 128 cm³/mol. The Morgan fingerprint density at radius 1 is 1.06 bits per heavy atom. The Morgan fingerprint density at radius 2 is 1.82 bits per heavy atom. The van der Waals surface area contributed by atoms with E-state index in [1.54, 1.807) is 0 Å². The van der Waals surface area contributed by atoms with Gasteiger partial charge in [-0.3, -0.25) is 14.4 Å². The lowest BCUT2D eigenvalue weighted by Crippen LogP contribution is -2.38. The smallest absolute Gasteiger partial charge is 0.306 e. The van der Waals surface area contributed by atoms with Crippen molar-refractivity contribution in [3.63, 3.8) is 0 Å². The molecule has 1 aliphatic heterocycles. The number of allylic oxidation sites excluding steroid dienone is 2. The third kappa shape index (κ3) is 8.39. The van der Waals surface area contributed by atoms with Gasteiger partial charge in [0.2, 0.25) is 11.8 Å². The third-order valence-electron chi connectivity index (χ3n) is 5.46. The molecule has 6 nitrogen and oxygen atoms in total. The lowest BCUT2D eigenvalue weighted by molar-refractivity contribution is -0.150. The summed E-state index contributed by atoms with van der Waals surface area (Å²) in [6.45, 7) is 0.643. The van der Waals surface area contributed by atoms with Crippen LogP contribution in [0.25, 0.3) is 0 Å². The van der Waals surface area contributed by atoms with Crippen molar-refractivity contribution in [3.8, 4) is 0 Å². The highest BCUT2D eigenvalue weighted by Gasteiger charge is 2.24. The average Bonchev–Trinajstić information content (AvgIpc) is 2.81. The molecule has 7 heteroatoms. The predicted octanol–water partition coefficient (Wildman–Crippen LogP) is 4.15. The van der Waals surface area contributed by atoms with Crippen LogP contribution in [0.2, 0.25) is 5.02 Å². The summed E-state index contributed by atoms with van der Waals surface area (Å²) < 4.78 is 5.60. The maximum atomic E-state index is 12.9. The molecular formula is C26H29ClN2O4. The number of hydrogen-bond acceptors (Lipinski definition) is 4. The van der Waals surface area contributed by atoms with Gasteiger partial charge in [0.1, 0.15) is 6.10 Å². The van der Waals surface area contributed by atoms with Crippen molar-refractivity contribution < 1.29 is 19.1 Å². The van der Waals surface area contributed by atoms with Crippen LogP contribution in [0.15, 0.2) is 66.7 Å². The van der Waals surface area contributed by atoms with Crippen molar-refractivity contribution in [2.45, 2.75) is 38.2 Å². The van der Waals surface area contributed by atoms with Gasteiger partial charge in [-0.1, -0.05) is 66.2 Å². The maximum absolute atomic E-state index is 12.9. The Hall–Kier alpha value is -3.12. The second-order valence-electron chi connectivity index (χ2n) is 8.01. The molecule has 1 aliphatic rings. The highest BCUT2D eigenvalue weighted by Crippen LogP contribution is 2.19. The molecule has 0 saturated heterocycles. The molecule has 0 aromatic heterocycles. The molecule has 2 aromatic carbocycles. The van der Waals surface area contributed by atoms with Gasteiger partial charge in [0, 0.05) is 24.4 Å². The van der Waals surface area contributed by atoms with Crippen LogP contribution in [-0.4, -0.2) is 30.9 Å². The summed E-state index contributed by atoms with van der Waals surface area (Å²) in [5.41, 5.74) is 1.89. The Kier molecular flexibility index (Phi) is 9.51. The van der Waals surface area contributed by atoms with Crippen molar-refractivity contribution in [2.75, 3.05) is 13.1 Å². The molecule has 1 heterocycles. The lowest BCUT2D eigenvalue weighted by Gasteiger charge is -2.21. The minimum Gasteiger partial charge on any atom is -0.456 e. The zero-order valence-corrected chi connectivity index (χ0v) is 19.2. The number of carbonyl (C=O) groups excluding carboxylic acids is 3. The van der Waals surface area contributed by atoms with Crippen LogP contribution in [-0.2, 0) is 25.5 Å². The van der Waals surface area contributed by atoms with E-state index in [2.05, 4.69) is 10.6 Å². The Balaban J connectivity index is 1.57. The Morgan fingerprint density at radius 3 is 2.58 bits per heavy atom. The van der Waals surface area contributed by atoms with Crippen LogP contribution in [0.1, 0.15) is 42.9 Å². The highest BCUT2D eigenvalue weighted by atomic mass is 35.5. The standard InChI is InChI=1S/C26H29ClN2O4/c27-22-13-11-19(12-14-22)15-16-28-24(30)17-21-9-5-2-6-10-25(31)33-23(18-29-26(21)32)20-7-3-1-4-8-20/h1-5,7-8,11-14,21,23H,6,9-10,15-18H2,(H,28,30)(H,29,32)/t21-,23-/m0/s1. The van der Waals surface area contributed by atoms with Crippen LogP contribution in [0.4, 0.5) is 0 Å². The number of ether oxygens (including phenoxy) is 1. The normalized spacial score (nSPS) is 19.5. The van der Waals surface area contributed by atoms with E-state index in [4.69, 9.17) is 16.3 Å². The van der Waals surface area contributed by atoms with Gasteiger partial charge in [-0.05, 0) is 42.5 Å². The number of halogens is 1. The van der Waals surface area contributed by atoms with E-state index in [-0.39, 0.29) is 37.2 Å². The van der Waals surface area contributed by atoms with Gasteiger partial charge in [0.05, 0.1) is 12.5 Å². The molecule has 2 atom stereocenters. The van der Waals surface area contributed by atoms with Gasteiger partial charge in [-0.2, -0.15) is 0 Å². The largest absolute Gasteiger partial charge is 0.456 e. The van der Waals surface area contributed by atoms with E-state index in [1.165, 1.54) is 0 Å². The van der Waals surface area contributed by atoms with E-state index in [0.717, 1.165) is 11.1 Å². The number of esters is 1. The second kappa shape index (κ2) is 12.8. The van der Waals surface area contributed by atoms with Gasteiger partial charge in [0.25, 0.3) is 0 Å². The first-order valence-electron chi connectivity index (χ1n) is 11.2. The molecule has 0 aliphatic carbocycles. The fraction of sp³-hybridized carbons (Fsp3) is 0.346. The van der Waals surface area contributed by atoms with Gasteiger partial charge in [-0.25, -0.2) is 0 Å². The molecule has 0 unspecified atom stereocenters. The van der Waals surface area contributed by atoms with E-state index in [0.29, 0.717) is 30.8 Å². The molecular weight excluding hydrogens is 440 g/mol. The number of benzene rings is 2. The summed E-state index contributed by atoms with van der Waals surface area (Å²) in [6, 6.07) is 16.8. The summed E-state index contributed by atoms with van der Waals surface area (Å²) in [6.07, 6.45) is 5.15. The molecule has 2 aromatic rings. The molecule has 0 fully saturated rings. The quantitative estimate of drug-likeness (QED) is 0.492. The lowest BCUT2D eigenvalue weighted by atomic mass is 9.98. The molecule has 2 N–H and O–H groups in total. The first-order chi connectivity index (χ1) is 16.0. The topological polar surface area (TPSA) is 84.5 Å². The zero-order valence-electron chi connectivity index (χ0n) is 18.5. The van der Waals surface area contributed by atoms with Crippen molar-refractivity contribution in [2.24, 2.45) is 5.92 Å². The number of rotatable bonds is 6. The summed E-state index contributed by atoms with van der Waals surface area (Å²) in [5.74, 6) is -1.20. The summed E-state index contributed by atoms with van der Waals surface area (Å²) >= 11 is 5.90. The molecule has 0 radical (unpaired) electrons. The molecule has 0 bridgehead atoms. The van der Waals surface area contributed by atoms with Crippen LogP contribution in [0.3, 0.4) is 0 Å². The first-order valence-corrected chi connectivity index (χ1v) is 11.6. The van der Waals surface area contributed by atoms with Crippen LogP contribution in [0.5, 0.6) is 0 Å². The minimum absolute atomic E-state index is 0.0899. The average molecular weight is 469 g/mol. The van der Waals surface area contributed by atoms with Crippen molar-refractivity contribution in [3.05, 3.63) is 82.9 Å². The molecule has 0 saturated carbocycles. The monoisotopic (exact) mass is 468 g/mol. The number of amides is 2. The van der Waals surface area contributed by atoms with Crippen molar-refractivity contribution >= 4 is 29.4 Å². The van der Waals surface area contributed by atoms with E-state index >= 15 is 0 Å². The van der Waals surface area contributed by atoms with Gasteiger partial charge in [-0.15, -0.1) is 0 Å². The van der Waals surface area contributed by atoms with E-state index < -0.39 is 12.0 Å². The molecule has 3 rings (SSSR count). The third-order valence-corrected chi connectivity index (χ3v) is 5.71. The fourth-order valence-corrected chi connectivity index (χ4v) is 3.73. The molecule has 33 heavy (non-hydrogen) atoms. The molecule has 174 valence electrons. The summed E-state index contributed by atoms with van der Waals surface area (Å²) in [4.78, 5) is 37.5. The fourth-order valence-electron chi connectivity index (χ4n) is 3.61. The van der Waals surface area contributed by atoms with Gasteiger partial charge in [0.15, 0.2) is 0 Å². The van der Waals surface area contributed by atoms with Gasteiger partial charge >= 0.3 is 5.97 Å². The Bertz CT molecular complexity index is 960. The van der Waals surface area contributed by atoms with E-state index in [9.17, 15) is 14.4 Å². The zero-order chi connectivity index (χ0) is 23.5. The second-order valence-corrected chi connectivity index (χ2v) is 8.44. The molecule has 0 spiro atoms. The number of nitrogens with one attached hydrogen (secondary N) is 2. The summed E-state index contributed by atoms with van der Waals surface area (Å²) in [7, 11) is 0. The molecule has 2 amide bonds. The van der Waals surface area contributed by atoms with E-state index in [1.807, 2.05) is 66.7 Å². The SMILES string of the molecule is O=C(C[C@@H]1CC=CCCC(=O)O[C@H](c2ccccc2)CNC1=O)NCCc1ccc(Cl)cc1. The van der Waals surface area contributed by atoms with Gasteiger partial charge < -0.3 is 15.4 Å². The maximum Gasteiger partial charge on any atom is 0.306 e. The first kappa shape index (κ1) is 24.5. The van der Waals surface area contributed by atoms with Crippen LogP contribution >= 0.6 is 11.6 Å². The van der Waals surface area contributed by atoms with Crippen molar-refractivity contribution in [1.29, 1.82) is 0 Å². The number of carbonyl (C=O) groups is 3. The minimum atomic E-state index is -0.570. The number of cyclic esters (lactones) is 1. The van der Waals surface area contributed by atoms with Crippen LogP contribution < -0.4 is 10.6 Å². The summed E-state index contributed by atoms with van der Waals surface area (Å²) in [5, 5.41) is 6.44. The highest BCUT2D eigenvalue weighted by molar-refractivity contribution is 6.30. The van der Waals surface area contributed by atoms with Crippen molar-refractivity contribution in [1.82, 2.24) is 10.6 Å². The Labute approximate surface area is 199 Å². The van der Waals surface area contributed by atoms with Crippen LogP contribution in [0, 0.1) is 5.92 Å². The number of hydrogen-bond donors (Lipinski definition) is 2.